The van der Waals surface area contributed by atoms with Gasteiger partial charge in [-0.1, -0.05) is 30.3 Å². The van der Waals surface area contributed by atoms with E-state index in [-0.39, 0.29) is 11.7 Å². The Bertz CT molecular complexity index is 1230. The number of fused-ring (bicyclic) bond motifs is 1. The van der Waals surface area contributed by atoms with Crippen LogP contribution in [0, 0.1) is 5.82 Å². The number of rotatable bonds is 7. The predicted molar refractivity (Wildman–Crippen MR) is 125 cm³/mol. The van der Waals surface area contributed by atoms with Gasteiger partial charge in [0.2, 0.25) is 0 Å². The van der Waals surface area contributed by atoms with E-state index in [4.69, 9.17) is 9.15 Å². The molecule has 0 radical (unpaired) electrons. The Morgan fingerprint density at radius 2 is 1.76 bits per heavy atom. The zero-order valence-electron chi connectivity index (χ0n) is 18.3. The van der Waals surface area contributed by atoms with Gasteiger partial charge in [0.1, 0.15) is 17.3 Å². The second-order valence-corrected chi connectivity index (χ2v) is 8.18. The van der Waals surface area contributed by atoms with E-state index in [9.17, 15) is 9.18 Å². The van der Waals surface area contributed by atoms with Crippen LogP contribution in [0.4, 0.5) is 4.39 Å². The predicted octanol–water partition coefficient (Wildman–Crippen LogP) is 4.15. The fourth-order valence-corrected chi connectivity index (χ4v) is 4.17. The van der Waals surface area contributed by atoms with E-state index in [2.05, 4.69) is 10.2 Å². The maximum absolute atomic E-state index is 13.3. The van der Waals surface area contributed by atoms with Gasteiger partial charge in [0.05, 0.1) is 18.7 Å². The number of halogens is 1. The molecule has 2 aromatic heterocycles. The standard InChI is InChI=1S/C26H26FN3O3/c27-21-8-6-20(7-9-21)24-16-22-25(33-24)17-23(30(22)18-19-4-2-1-3-5-19)26(31)28-10-11-29-12-14-32-15-13-29/h1-9,16-17H,10-15,18H2,(H,28,31). The second-order valence-electron chi connectivity index (χ2n) is 8.18. The van der Waals surface area contributed by atoms with Gasteiger partial charge in [-0.2, -0.15) is 0 Å². The van der Waals surface area contributed by atoms with Crippen molar-refractivity contribution in [1.29, 1.82) is 0 Å². The van der Waals surface area contributed by atoms with Gasteiger partial charge in [-0.25, -0.2) is 4.39 Å². The van der Waals surface area contributed by atoms with Crippen LogP contribution in [0.5, 0.6) is 0 Å². The van der Waals surface area contributed by atoms with Crippen LogP contribution >= 0.6 is 0 Å². The van der Waals surface area contributed by atoms with E-state index in [0.717, 1.165) is 49.5 Å². The molecule has 1 saturated heterocycles. The number of ether oxygens (including phenoxy) is 1. The van der Waals surface area contributed by atoms with Crippen LogP contribution in [-0.2, 0) is 11.3 Å². The summed E-state index contributed by atoms with van der Waals surface area (Å²) in [7, 11) is 0. The summed E-state index contributed by atoms with van der Waals surface area (Å²) in [6, 6.07) is 19.9. The SMILES string of the molecule is O=C(NCCN1CCOCC1)c1cc2oc(-c3ccc(F)cc3)cc2n1Cc1ccccc1. The Labute approximate surface area is 191 Å². The number of nitrogens with one attached hydrogen (secondary N) is 1. The van der Waals surface area contributed by atoms with Crippen LogP contribution < -0.4 is 5.32 Å². The molecule has 3 heterocycles. The molecule has 6 nitrogen and oxygen atoms in total. The highest BCUT2D eigenvalue weighted by Gasteiger charge is 2.20. The third-order valence-electron chi connectivity index (χ3n) is 5.95. The molecule has 0 spiro atoms. The molecule has 1 N–H and O–H groups in total. The number of hydrogen-bond donors (Lipinski definition) is 1. The van der Waals surface area contributed by atoms with Crippen molar-refractivity contribution in [3.8, 4) is 11.3 Å². The number of benzene rings is 2. The minimum Gasteiger partial charge on any atom is -0.454 e. The first-order valence-corrected chi connectivity index (χ1v) is 11.2. The van der Waals surface area contributed by atoms with E-state index >= 15 is 0 Å². The zero-order chi connectivity index (χ0) is 22.6. The van der Waals surface area contributed by atoms with Crippen molar-refractivity contribution in [2.24, 2.45) is 0 Å². The highest BCUT2D eigenvalue weighted by molar-refractivity contribution is 5.98. The highest BCUT2D eigenvalue weighted by atomic mass is 19.1. The van der Waals surface area contributed by atoms with Crippen LogP contribution in [0.15, 0.2) is 71.1 Å². The van der Waals surface area contributed by atoms with Crippen molar-refractivity contribution in [3.05, 3.63) is 83.8 Å². The van der Waals surface area contributed by atoms with E-state index in [1.807, 2.05) is 41.0 Å². The molecule has 5 rings (SSSR count). The topological polar surface area (TPSA) is 59.6 Å². The Morgan fingerprint density at radius 3 is 2.52 bits per heavy atom. The van der Waals surface area contributed by atoms with Gasteiger partial charge in [-0.3, -0.25) is 9.69 Å². The summed E-state index contributed by atoms with van der Waals surface area (Å²) in [4.78, 5) is 15.4. The number of furan rings is 1. The van der Waals surface area contributed by atoms with Gasteiger partial charge < -0.3 is 19.0 Å². The van der Waals surface area contributed by atoms with Crippen molar-refractivity contribution < 1.29 is 18.3 Å². The smallest absolute Gasteiger partial charge is 0.268 e. The lowest BCUT2D eigenvalue weighted by molar-refractivity contribution is 0.0383. The molecule has 0 aliphatic carbocycles. The van der Waals surface area contributed by atoms with Crippen LogP contribution in [-0.4, -0.2) is 54.8 Å². The molecule has 2 aromatic carbocycles. The molecular weight excluding hydrogens is 421 g/mol. The first kappa shape index (κ1) is 21.4. The van der Waals surface area contributed by atoms with Gasteiger partial charge >= 0.3 is 0 Å². The Balaban J connectivity index is 1.41. The molecule has 170 valence electrons. The van der Waals surface area contributed by atoms with Crippen molar-refractivity contribution >= 4 is 17.0 Å². The molecule has 1 aliphatic heterocycles. The molecule has 0 unspecified atom stereocenters. The summed E-state index contributed by atoms with van der Waals surface area (Å²) in [6.45, 7) is 5.15. The lowest BCUT2D eigenvalue weighted by Gasteiger charge is -2.26. The molecule has 1 fully saturated rings. The number of aromatic nitrogens is 1. The molecular formula is C26H26FN3O3. The van der Waals surface area contributed by atoms with Gasteiger partial charge in [0.15, 0.2) is 5.58 Å². The minimum absolute atomic E-state index is 0.131. The molecule has 4 aromatic rings. The highest BCUT2D eigenvalue weighted by Crippen LogP contribution is 2.31. The fraction of sp³-hybridized carbons (Fsp3) is 0.269. The number of nitrogens with zero attached hydrogens (tertiary/aromatic N) is 2. The van der Waals surface area contributed by atoms with Crippen molar-refractivity contribution in [3.63, 3.8) is 0 Å². The van der Waals surface area contributed by atoms with Crippen molar-refractivity contribution in [2.45, 2.75) is 6.54 Å². The average molecular weight is 448 g/mol. The molecule has 33 heavy (non-hydrogen) atoms. The third kappa shape index (κ3) is 4.84. The summed E-state index contributed by atoms with van der Waals surface area (Å²) in [5.74, 6) is 0.217. The number of morpholine rings is 1. The summed E-state index contributed by atoms with van der Waals surface area (Å²) < 4.78 is 26.7. The van der Waals surface area contributed by atoms with E-state index in [1.165, 1.54) is 12.1 Å². The maximum atomic E-state index is 13.3. The summed E-state index contributed by atoms with van der Waals surface area (Å²) in [5, 5.41) is 3.05. The minimum atomic E-state index is -0.292. The number of carbonyl (C=O) groups is 1. The second kappa shape index (κ2) is 9.60. The normalized spacial score (nSPS) is 14.6. The lowest BCUT2D eigenvalue weighted by atomic mass is 10.2. The first-order valence-electron chi connectivity index (χ1n) is 11.2. The Morgan fingerprint density at radius 1 is 1.00 bits per heavy atom. The molecule has 0 atom stereocenters. The van der Waals surface area contributed by atoms with Crippen LogP contribution in [0.25, 0.3) is 22.4 Å². The Hall–Kier alpha value is -3.42. The van der Waals surface area contributed by atoms with E-state index in [0.29, 0.717) is 30.1 Å². The van der Waals surface area contributed by atoms with Crippen LogP contribution in [0.1, 0.15) is 16.1 Å². The number of carbonyl (C=O) groups excluding carboxylic acids is 1. The van der Waals surface area contributed by atoms with E-state index in [1.54, 1.807) is 18.2 Å². The molecule has 0 saturated carbocycles. The lowest BCUT2D eigenvalue weighted by Crippen LogP contribution is -2.41. The maximum Gasteiger partial charge on any atom is 0.268 e. The van der Waals surface area contributed by atoms with Crippen molar-refractivity contribution in [2.75, 3.05) is 39.4 Å². The quantitative estimate of drug-likeness (QED) is 0.462. The zero-order valence-corrected chi connectivity index (χ0v) is 18.3. The molecule has 1 amide bonds. The molecule has 7 heteroatoms. The van der Waals surface area contributed by atoms with Gasteiger partial charge in [0.25, 0.3) is 5.91 Å². The number of amides is 1. The van der Waals surface area contributed by atoms with Crippen molar-refractivity contribution in [1.82, 2.24) is 14.8 Å². The fourth-order valence-electron chi connectivity index (χ4n) is 4.17. The van der Waals surface area contributed by atoms with Gasteiger partial charge in [0, 0.05) is 50.4 Å². The van der Waals surface area contributed by atoms with Gasteiger partial charge in [-0.05, 0) is 29.8 Å². The monoisotopic (exact) mass is 447 g/mol. The third-order valence-corrected chi connectivity index (χ3v) is 5.95. The largest absolute Gasteiger partial charge is 0.454 e. The first-order chi connectivity index (χ1) is 16.2. The molecule has 0 bridgehead atoms. The average Bonchev–Trinajstić information content (AvgIpc) is 3.40. The molecule has 1 aliphatic rings. The Kier molecular flexibility index (Phi) is 6.24. The van der Waals surface area contributed by atoms with E-state index < -0.39 is 0 Å². The van der Waals surface area contributed by atoms with Crippen LogP contribution in [0.3, 0.4) is 0 Å². The van der Waals surface area contributed by atoms with Crippen LogP contribution in [0.2, 0.25) is 0 Å². The summed E-state index contributed by atoms with van der Waals surface area (Å²) >= 11 is 0. The van der Waals surface area contributed by atoms with Gasteiger partial charge in [-0.15, -0.1) is 0 Å². The number of hydrogen-bond acceptors (Lipinski definition) is 4. The summed E-state index contributed by atoms with van der Waals surface area (Å²) in [5.41, 5.74) is 3.89. The summed E-state index contributed by atoms with van der Waals surface area (Å²) in [6.07, 6.45) is 0.